The zero-order valence-electron chi connectivity index (χ0n) is 9.45. The Labute approximate surface area is 94.7 Å². The van der Waals surface area contributed by atoms with E-state index < -0.39 is 6.09 Å². The monoisotopic (exact) mass is 224 g/mol. The third-order valence-electron chi connectivity index (χ3n) is 1.82. The summed E-state index contributed by atoms with van der Waals surface area (Å²) in [6, 6.07) is 7.21. The van der Waals surface area contributed by atoms with Gasteiger partial charge in [0.15, 0.2) is 0 Å². The van der Waals surface area contributed by atoms with Crippen molar-refractivity contribution in [3.63, 3.8) is 0 Å². The highest BCUT2D eigenvalue weighted by Gasteiger charge is 2.00. The standard InChI is InChI=1S/C11H16N2O3/c1-3-7-16-11(14)13-12-9-5-4-6-10(8-9)15-2/h4-6,8,12H,3,7H2,1-2H3,(H,13,14). The number of benzene rings is 1. The molecule has 0 unspecified atom stereocenters. The van der Waals surface area contributed by atoms with E-state index in [9.17, 15) is 4.79 Å². The van der Waals surface area contributed by atoms with Crippen molar-refractivity contribution in [3.8, 4) is 5.75 Å². The first-order chi connectivity index (χ1) is 7.76. The molecule has 5 heteroatoms. The Kier molecular flexibility index (Phi) is 4.98. The molecule has 1 amide bonds. The van der Waals surface area contributed by atoms with Crippen molar-refractivity contribution in [3.05, 3.63) is 24.3 Å². The Morgan fingerprint density at radius 1 is 1.44 bits per heavy atom. The molecule has 0 fully saturated rings. The first-order valence-corrected chi connectivity index (χ1v) is 5.09. The molecular weight excluding hydrogens is 208 g/mol. The quantitative estimate of drug-likeness (QED) is 0.752. The fraction of sp³-hybridized carbons (Fsp3) is 0.364. The third-order valence-corrected chi connectivity index (χ3v) is 1.82. The van der Waals surface area contributed by atoms with Gasteiger partial charge in [0.1, 0.15) is 5.75 Å². The smallest absolute Gasteiger partial charge is 0.425 e. The highest BCUT2D eigenvalue weighted by molar-refractivity contribution is 5.69. The molecule has 0 bridgehead atoms. The second-order valence-electron chi connectivity index (χ2n) is 3.12. The lowest BCUT2D eigenvalue weighted by Crippen LogP contribution is -2.30. The molecule has 16 heavy (non-hydrogen) atoms. The van der Waals surface area contributed by atoms with Gasteiger partial charge in [0.25, 0.3) is 0 Å². The summed E-state index contributed by atoms with van der Waals surface area (Å²) in [5.74, 6) is 0.716. The summed E-state index contributed by atoms with van der Waals surface area (Å²) in [5.41, 5.74) is 5.87. The summed E-state index contributed by atoms with van der Waals surface area (Å²) in [6.45, 7) is 2.34. The number of rotatable bonds is 5. The minimum absolute atomic E-state index is 0.408. The lowest BCUT2D eigenvalue weighted by Gasteiger charge is -2.09. The van der Waals surface area contributed by atoms with Crippen LogP contribution in [-0.2, 0) is 4.74 Å². The lowest BCUT2D eigenvalue weighted by atomic mass is 10.3. The third kappa shape index (κ3) is 4.08. The summed E-state index contributed by atoms with van der Waals surface area (Å²) in [6.07, 6.45) is 0.303. The van der Waals surface area contributed by atoms with Crippen molar-refractivity contribution in [1.29, 1.82) is 0 Å². The molecule has 0 heterocycles. The van der Waals surface area contributed by atoms with Crippen LogP contribution in [0.3, 0.4) is 0 Å². The number of carbonyl (C=O) groups excluding carboxylic acids is 1. The van der Waals surface area contributed by atoms with Crippen molar-refractivity contribution in [2.45, 2.75) is 13.3 Å². The van der Waals surface area contributed by atoms with Gasteiger partial charge in [-0.15, -0.1) is 0 Å². The minimum Gasteiger partial charge on any atom is -0.497 e. The van der Waals surface area contributed by atoms with E-state index in [1.54, 1.807) is 13.2 Å². The van der Waals surface area contributed by atoms with E-state index in [1.165, 1.54) is 0 Å². The molecule has 88 valence electrons. The molecular formula is C11H16N2O3. The maximum atomic E-state index is 11.1. The number of hydrogen-bond acceptors (Lipinski definition) is 4. The van der Waals surface area contributed by atoms with E-state index in [-0.39, 0.29) is 0 Å². The maximum absolute atomic E-state index is 11.1. The number of methoxy groups -OCH3 is 1. The van der Waals surface area contributed by atoms with E-state index in [4.69, 9.17) is 9.47 Å². The molecule has 1 aromatic rings. The van der Waals surface area contributed by atoms with Gasteiger partial charge in [0.2, 0.25) is 0 Å². The largest absolute Gasteiger partial charge is 0.497 e. The maximum Gasteiger partial charge on any atom is 0.425 e. The van der Waals surface area contributed by atoms with E-state index in [2.05, 4.69) is 10.9 Å². The number of carbonyl (C=O) groups is 1. The normalized spacial score (nSPS) is 9.38. The first kappa shape index (κ1) is 12.2. The minimum atomic E-state index is -0.496. The van der Waals surface area contributed by atoms with E-state index >= 15 is 0 Å². The average Bonchev–Trinajstić information content (AvgIpc) is 2.34. The molecule has 0 radical (unpaired) electrons. The van der Waals surface area contributed by atoms with E-state index in [1.807, 2.05) is 25.1 Å². The van der Waals surface area contributed by atoms with Gasteiger partial charge in [-0.05, 0) is 18.6 Å². The average molecular weight is 224 g/mol. The second-order valence-corrected chi connectivity index (χ2v) is 3.12. The first-order valence-electron chi connectivity index (χ1n) is 5.09. The van der Waals surface area contributed by atoms with Crippen LogP contribution >= 0.6 is 0 Å². The Bertz CT molecular complexity index is 342. The van der Waals surface area contributed by atoms with Crippen molar-refractivity contribution in [2.24, 2.45) is 0 Å². The Hall–Kier alpha value is -1.91. The molecule has 0 aliphatic heterocycles. The molecule has 0 aliphatic rings. The van der Waals surface area contributed by atoms with Gasteiger partial charge in [0, 0.05) is 6.07 Å². The molecule has 0 aromatic heterocycles. The summed E-state index contributed by atoms with van der Waals surface area (Å²) < 4.78 is 9.87. The number of nitrogens with one attached hydrogen (secondary N) is 2. The van der Waals surface area contributed by atoms with Crippen LogP contribution in [0.25, 0.3) is 0 Å². The van der Waals surface area contributed by atoms with Crippen LogP contribution in [0, 0.1) is 0 Å². The van der Waals surface area contributed by atoms with Crippen molar-refractivity contribution in [2.75, 3.05) is 19.1 Å². The topological polar surface area (TPSA) is 59.6 Å². The fourth-order valence-corrected chi connectivity index (χ4v) is 1.05. The molecule has 0 aliphatic carbocycles. The highest BCUT2D eigenvalue weighted by atomic mass is 16.6. The van der Waals surface area contributed by atoms with Crippen LogP contribution in [0.4, 0.5) is 10.5 Å². The molecule has 0 saturated carbocycles. The Balaban J connectivity index is 2.38. The Morgan fingerprint density at radius 3 is 2.94 bits per heavy atom. The van der Waals surface area contributed by atoms with Crippen LogP contribution in [0.15, 0.2) is 24.3 Å². The van der Waals surface area contributed by atoms with Crippen LogP contribution in [-0.4, -0.2) is 19.8 Å². The molecule has 5 nitrogen and oxygen atoms in total. The van der Waals surface area contributed by atoms with Crippen molar-refractivity contribution >= 4 is 11.8 Å². The predicted octanol–water partition coefficient (Wildman–Crippen LogP) is 2.16. The molecule has 2 N–H and O–H groups in total. The van der Waals surface area contributed by atoms with Gasteiger partial charge in [0.05, 0.1) is 19.4 Å². The number of hydrazine groups is 1. The summed E-state index contributed by atoms with van der Waals surface area (Å²) in [4.78, 5) is 11.1. The Morgan fingerprint density at radius 2 is 2.25 bits per heavy atom. The van der Waals surface area contributed by atoms with Crippen molar-refractivity contribution in [1.82, 2.24) is 5.43 Å². The van der Waals surface area contributed by atoms with E-state index in [0.29, 0.717) is 12.4 Å². The van der Waals surface area contributed by atoms with Crippen LogP contribution in [0.1, 0.15) is 13.3 Å². The van der Waals surface area contributed by atoms with Gasteiger partial charge >= 0.3 is 6.09 Å². The van der Waals surface area contributed by atoms with Gasteiger partial charge in [-0.1, -0.05) is 13.0 Å². The number of anilines is 1. The fourth-order valence-electron chi connectivity index (χ4n) is 1.05. The zero-order valence-corrected chi connectivity index (χ0v) is 9.45. The van der Waals surface area contributed by atoms with E-state index in [0.717, 1.165) is 12.1 Å². The zero-order chi connectivity index (χ0) is 11.8. The number of hydrogen-bond donors (Lipinski definition) is 2. The van der Waals surface area contributed by atoms with Gasteiger partial charge in [-0.25, -0.2) is 10.2 Å². The molecule has 0 spiro atoms. The van der Waals surface area contributed by atoms with Crippen molar-refractivity contribution < 1.29 is 14.3 Å². The van der Waals surface area contributed by atoms with Crippen LogP contribution < -0.4 is 15.6 Å². The van der Waals surface area contributed by atoms with Gasteiger partial charge < -0.3 is 9.47 Å². The van der Waals surface area contributed by atoms with Crippen LogP contribution in [0.2, 0.25) is 0 Å². The molecule has 1 rings (SSSR count). The van der Waals surface area contributed by atoms with Crippen LogP contribution in [0.5, 0.6) is 5.75 Å². The van der Waals surface area contributed by atoms with Gasteiger partial charge in [-0.3, -0.25) is 5.43 Å². The summed E-state index contributed by atoms with van der Waals surface area (Å²) in [7, 11) is 1.59. The second kappa shape index (κ2) is 6.55. The predicted molar refractivity (Wildman–Crippen MR) is 61.4 cm³/mol. The molecule has 1 aromatic carbocycles. The lowest BCUT2D eigenvalue weighted by molar-refractivity contribution is 0.148. The SMILES string of the molecule is CCCOC(=O)NNc1cccc(OC)c1. The highest BCUT2D eigenvalue weighted by Crippen LogP contribution is 2.15. The molecule has 0 atom stereocenters. The van der Waals surface area contributed by atoms with Gasteiger partial charge in [-0.2, -0.15) is 0 Å². The summed E-state index contributed by atoms with van der Waals surface area (Å²) in [5, 5.41) is 0. The number of amides is 1. The number of ether oxygens (including phenoxy) is 2. The molecule has 0 saturated heterocycles. The summed E-state index contributed by atoms with van der Waals surface area (Å²) >= 11 is 0.